The van der Waals surface area contributed by atoms with Gasteiger partial charge in [-0.3, -0.25) is 14.4 Å². The number of rotatable bonds is 5. The van der Waals surface area contributed by atoms with Gasteiger partial charge in [0.1, 0.15) is 29.1 Å². The fourth-order valence-corrected chi connectivity index (χ4v) is 5.46. The van der Waals surface area contributed by atoms with E-state index in [-0.39, 0.29) is 41.8 Å². The molecular formula is C28H26FN3O5. The largest absolute Gasteiger partial charge is 0.496 e. The van der Waals surface area contributed by atoms with Crippen molar-refractivity contribution in [2.75, 3.05) is 27.3 Å². The number of ketones is 2. The maximum Gasteiger partial charge on any atom is 0.274 e. The van der Waals surface area contributed by atoms with Gasteiger partial charge in [0, 0.05) is 43.0 Å². The second kappa shape index (κ2) is 9.38. The van der Waals surface area contributed by atoms with Gasteiger partial charge in [0.05, 0.1) is 14.2 Å². The lowest BCUT2D eigenvalue weighted by atomic mass is 9.63. The van der Waals surface area contributed by atoms with E-state index in [9.17, 15) is 18.8 Å². The number of carbonyl (C=O) groups excluding carboxylic acids is 3. The topological polar surface area (TPSA) is 98.7 Å². The first-order valence-electron chi connectivity index (χ1n) is 11.9. The summed E-state index contributed by atoms with van der Waals surface area (Å²) in [4.78, 5) is 41.1. The Morgan fingerprint density at radius 2 is 1.62 bits per heavy atom. The maximum absolute atomic E-state index is 13.4. The zero-order valence-corrected chi connectivity index (χ0v) is 20.8. The number of likely N-dealkylation sites (tertiary alicyclic amines) is 1. The molecule has 1 spiro atoms. The highest BCUT2D eigenvalue weighted by molar-refractivity contribution is 6.11. The van der Waals surface area contributed by atoms with Crippen LogP contribution in [0.4, 0.5) is 4.39 Å². The van der Waals surface area contributed by atoms with Gasteiger partial charge in [0.2, 0.25) is 5.88 Å². The fourth-order valence-electron chi connectivity index (χ4n) is 5.46. The van der Waals surface area contributed by atoms with E-state index in [0.29, 0.717) is 30.3 Å². The van der Waals surface area contributed by atoms with Crippen LogP contribution in [0.5, 0.6) is 11.6 Å². The van der Waals surface area contributed by atoms with Crippen LogP contribution in [-0.2, 0) is 9.59 Å². The van der Waals surface area contributed by atoms with E-state index in [1.807, 2.05) is 13.0 Å². The van der Waals surface area contributed by atoms with Gasteiger partial charge in [0.15, 0.2) is 5.69 Å². The minimum absolute atomic E-state index is 0.177. The third-order valence-corrected chi connectivity index (χ3v) is 7.19. The number of carbonyl (C=O) groups is 3. The Labute approximate surface area is 213 Å². The SMILES string of the molecule is COc1ccc(C(=O)N2CC3(CC(=O)C(c4c(C)cc(-c5ccc(F)cc5)cc4OC)C(=O)C3)C2)nn1. The number of Topliss-reactive ketones (excluding diaryl/α,β-unsaturated/α-hetero) is 2. The van der Waals surface area contributed by atoms with E-state index in [1.165, 1.54) is 32.4 Å². The molecule has 2 heterocycles. The number of methoxy groups -OCH3 is 2. The third-order valence-electron chi connectivity index (χ3n) is 7.19. The number of hydrogen-bond acceptors (Lipinski definition) is 7. The molecule has 3 aromatic rings. The van der Waals surface area contributed by atoms with Crippen molar-refractivity contribution in [3.8, 4) is 22.8 Å². The normalized spacial score (nSPS) is 17.0. The highest BCUT2D eigenvalue weighted by Gasteiger charge is 2.54. The maximum atomic E-state index is 13.4. The van der Waals surface area contributed by atoms with Gasteiger partial charge in [0.25, 0.3) is 5.91 Å². The first-order valence-corrected chi connectivity index (χ1v) is 11.9. The van der Waals surface area contributed by atoms with Crippen LogP contribution in [0.2, 0.25) is 0 Å². The number of amides is 1. The Hall–Kier alpha value is -4.14. The highest BCUT2D eigenvalue weighted by Crippen LogP contribution is 2.47. The van der Waals surface area contributed by atoms with Crippen molar-refractivity contribution in [2.45, 2.75) is 25.7 Å². The van der Waals surface area contributed by atoms with Crippen molar-refractivity contribution in [1.29, 1.82) is 0 Å². The van der Waals surface area contributed by atoms with Crippen molar-refractivity contribution in [3.05, 3.63) is 71.2 Å². The quantitative estimate of drug-likeness (QED) is 0.489. The number of aryl methyl sites for hydroxylation is 1. The number of benzene rings is 2. The zero-order valence-electron chi connectivity index (χ0n) is 20.8. The van der Waals surface area contributed by atoms with E-state index in [2.05, 4.69) is 10.2 Å². The van der Waals surface area contributed by atoms with Crippen LogP contribution in [0.1, 0.15) is 40.4 Å². The molecule has 2 aromatic carbocycles. The van der Waals surface area contributed by atoms with Crippen molar-refractivity contribution >= 4 is 17.5 Å². The summed E-state index contributed by atoms with van der Waals surface area (Å²) in [5.41, 5.74) is 2.55. The van der Waals surface area contributed by atoms with Crippen LogP contribution < -0.4 is 9.47 Å². The molecule has 5 rings (SSSR count). The van der Waals surface area contributed by atoms with Gasteiger partial charge in [-0.25, -0.2) is 4.39 Å². The van der Waals surface area contributed by atoms with Crippen molar-refractivity contribution in [2.24, 2.45) is 5.41 Å². The van der Waals surface area contributed by atoms with Gasteiger partial charge in [-0.05, 0) is 47.9 Å². The Balaban J connectivity index is 1.34. The first kappa shape index (κ1) is 24.5. The van der Waals surface area contributed by atoms with E-state index in [4.69, 9.17) is 9.47 Å². The average Bonchev–Trinajstić information content (AvgIpc) is 2.87. The van der Waals surface area contributed by atoms with Crippen LogP contribution >= 0.6 is 0 Å². The van der Waals surface area contributed by atoms with E-state index < -0.39 is 11.3 Å². The molecule has 9 heteroatoms. The predicted octanol–water partition coefficient (Wildman–Crippen LogP) is 3.77. The Morgan fingerprint density at radius 3 is 2.19 bits per heavy atom. The van der Waals surface area contributed by atoms with Crippen LogP contribution in [0.15, 0.2) is 48.5 Å². The molecule has 0 unspecified atom stereocenters. The summed E-state index contributed by atoms with van der Waals surface area (Å²) in [5, 5.41) is 7.73. The van der Waals surface area contributed by atoms with Crippen molar-refractivity contribution < 1.29 is 28.2 Å². The summed E-state index contributed by atoms with van der Waals surface area (Å²) < 4.78 is 24.0. The number of ether oxygens (including phenoxy) is 2. The molecule has 1 saturated heterocycles. The molecule has 2 aliphatic rings. The van der Waals surface area contributed by atoms with Crippen LogP contribution in [0.25, 0.3) is 11.1 Å². The molecule has 1 aromatic heterocycles. The van der Waals surface area contributed by atoms with Crippen molar-refractivity contribution in [1.82, 2.24) is 15.1 Å². The average molecular weight is 504 g/mol. The summed E-state index contributed by atoms with van der Waals surface area (Å²) in [5.74, 6) is -1.14. The summed E-state index contributed by atoms with van der Waals surface area (Å²) in [6.45, 7) is 2.46. The van der Waals surface area contributed by atoms with Crippen LogP contribution in [0.3, 0.4) is 0 Å². The minimum Gasteiger partial charge on any atom is -0.496 e. The number of nitrogens with zero attached hydrogens (tertiary/aromatic N) is 3. The van der Waals surface area contributed by atoms with Gasteiger partial charge in [-0.1, -0.05) is 18.2 Å². The van der Waals surface area contributed by atoms with Gasteiger partial charge in [-0.2, -0.15) is 0 Å². The molecular weight excluding hydrogens is 477 g/mol. The molecule has 0 bridgehead atoms. The lowest BCUT2D eigenvalue weighted by Crippen LogP contribution is -2.62. The third kappa shape index (κ3) is 4.45. The zero-order chi connectivity index (χ0) is 26.3. The highest BCUT2D eigenvalue weighted by atomic mass is 19.1. The monoisotopic (exact) mass is 503 g/mol. The lowest BCUT2D eigenvalue weighted by molar-refractivity contribution is -0.142. The van der Waals surface area contributed by atoms with Crippen LogP contribution in [0, 0.1) is 18.2 Å². The summed E-state index contributed by atoms with van der Waals surface area (Å²) in [6.07, 6.45) is 0.396. The Morgan fingerprint density at radius 1 is 0.946 bits per heavy atom. The first-order chi connectivity index (χ1) is 17.7. The lowest BCUT2D eigenvalue weighted by Gasteiger charge is -2.52. The molecule has 0 atom stereocenters. The van der Waals surface area contributed by atoms with Gasteiger partial charge in [-0.15, -0.1) is 10.2 Å². The summed E-state index contributed by atoms with van der Waals surface area (Å²) in [7, 11) is 2.97. The second-order valence-electron chi connectivity index (χ2n) is 9.76. The summed E-state index contributed by atoms with van der Waals surface area (Å²) in [6, 6.07) is 12.9. The molecule has 1 amide bonds. The number of aromatic nitrogens is 2. The predicted molar refractivity (Wildman–Crippen MR) is 132 cm³/mol. The molecule has 1 aliphatic carbocycles. The molecule has 0 radical (unpaired) electrons. The molecule has 1 aliphatic heterocycles. The number of halogens is 1. The number of hydrogen-bond donors (Lipinski definition) is 0. The van der Waals surface area contributed by atoms with Crippen molar-refractivity contribution in [3.63, 3.8) is 0 Å². The molecule has 2 fully saturated rings. The second-order valence-corrected chi connectivity index (χ2v) is 9.76. The van der Waals surface area contributed by atoms with Gasteiger partial charge < -0.3 is 14.4 Å². The smallest absolute Gasteiger partial charge is 0.274 e. The Bertz CT molecular complexity index is 1360. The van der Waals surface area contributed by atoms with E-state index in [0.717, 1.165) is 16.7 Å². The van der Waals surface area contributed by atoms with Crippen LogP contribution in [-0.4, -0.2) is 59.9 Å². The molecule has 8 nitrogen and oxygen atoms in total. The van der Waals surface area contributed by atoms with E-state index >= 15 is 0 Å². The molecule has 1 saturated carbocycles. The Kier molecular flexibility index (Phi) is 6.23. The van der Waals surface area contributed by atoms with Gasteiger partial charge >= 0.3 is 0 Å². The van der Waals surface area contributed by atoms with E-state index in [1.54, 1.807) is 29.2 Å². The standard InChI is InChI=1S/C28H26FN3O5/c1-16-10-18(17-4-6-19(29)7-5-17)11-23(36-2)25(16)26-21(33)12-28(13-22(26)34)14-32(15-28)27(35)20-8-9-24(37-3)31-30-20/h4-11,26H,12-15H2,1-3H3. The molecule has 37 heavy (non-hydrogen) atoms. The minimum atomic E-state index is -0.917. The summed E-state index contributed by atoms with van der Waals surface area (Å²) >= 11 is 0. The fraction of sp³-hybridized carbons (Fsp3) is 0.321. The molecule has 0 N–H and O–H groups in total. The molecule has 190 valence electrons.